The standard InChI is InChI=1S/C18H22N6O2/c1-12-14(7-8-17(25)19-12)20-18(26)23-10-9-16-15(11-23)21-22-24(16)13-5-3-2-4-6-13/h2-6,12,14H,7-11H2,1H3,(H,19,25)(H,20,26). The number of amides is 3. The van der Waals surface area contributed by atoms with E-state index in [0.29, 0.717) is 32.4 Å². The molecule has 0 aliphatic carbocycles. The molecule has 2 atom stereocenters. The van der Waals surface area contributed by atoms with E-state index >= 15 is 0 Å². The number of hydrogen-bond donors (Lipinski definition) is 2. The molecule has 3 heterocycles. The number of carbonyl (C=O) groups is 2. The molecule has 1 saturated heterocycles. The molecule has 2 aliphatic rings. The summed E-state index contributed by atoms with van der Waals surface area (Å²) >= 11 is 0. The Labute approximate surface area is 151 Å². The zero-order chi connectivity index (χ0) is 18.1. The number of nitrogens with zero attached hydrogens (tertiary/aromatic N) is 4. The molecule has 0 radical (unpaired) electrons. The van der Waals surface area contributed by atoms with Crippen molar-refractivity contribution in [3.05, 3.63) is 41.7 Å². The second-order valence-corrected chi connectivity index (χ2v) is 6.85. The van der Waals surface area contributed by atoms with Crippen LogP contribution < -0.4 is 10.6 Å². The van der Waals surface area contributed by atoms with Crippen molar-refractivity contribution in [3.8, 4) is 5.69 Å². The maximum absolute atomic E-state index is 12.6. The third kappa shape index (κ3) is 3.14. The number of para-hydroxylation sites is 1. The van der Waals surface area contributed by atoms with Gasteiger partial charge in [0.15, 0.2) is 0 Å². The van der Waals surface area contributed by atoms with Gasteiger partial charge in [-0.25, -0.2) is 9.48 Å². The molecule has 4 rings (SSSR count). The molecule has 8 nitrogen and oxygen atoms in total. The van der Waals surface area contributed by atoms with Gasteiger partial charge >= 0.3 is 6.03 Å². The topological polar surface area (TPSA) is 92.2 Å². The average Bonchev–Trinajstić information content (AvgIpc) is 3.08. The number of carbonyl (C=O) groups excluding carboxylic acids is 2. The van der Waals surface area contributed by atoms with Gasteiger partial charge in [0.25, 0.3) is 0 Å². The Hall–Kier alpha value is -2.90. The molecule has 2 aliphatic heterocycles. The quantitative estimate of drug-likeness (QED) is 0.842. The number of hydrogen-bond acceptors (Lipinski definition) is 4. The first-order valence-corrected chi connectivity index (χ1v) is 8.95. The summed E-state index contributed by atoms with van der Waals surface area (Å²) in [5, 5.41) is 14.5. The molecule has 3 amide bonds. The normalized spacial score (nSPS) is 22.5. The number of piperidine rings is 1. The van der Waals surface area contributed by atoms with Gasteiger partial charge in [-0.15, -0.1) is 5.10 Å². The van der Waals surface area contributed by atoms with Gasteiger partial charge in [-0.05, 0) is 25.5 Å². The maximum Gasteiger partial charge on any atom is 0.318 e. The van der Waals surface area contributed by atoms with Crippen LogP contribution in [0.25, 0.3) is 5.69 Å². The van der Waals surface area contributed by atoms with E-state index in [9.17, 15) is 9.59 Å². The lowest BCUT2D eigenvalue weighted by molar-refractivity contribution is -0.123. The lowest BCUT2D eigenvalue weighted by Crippen LogP contribution is -2.56. The van der Waals surface area contributed by atoms with E-state index in [1.165, 1.54) is 0 Å². The van der Waals surface area contributed by atoms with Gasteiger partial charge < -0.3 is 15.5 Å². The SMILES string of the molecule is CC1NC(=O)CCC1NC(=O)N1CCc2c(nnn2-c2ccccc2)C1. The van der Waals surface area contributed by atoms with Crippen LogP contribution in [0.2, 0.25) is 0 Å². The minimum Gasteiger partial charge on any atom is -0.352 e. The first-order valence-electron chi connectivity index (χ1n) is 8.95. The lowest BCUT2D eigenvalue weighted by Gasteiger charge is -2.33. The molecule has 1 aromatic carbocycles. The minimum atomic E-state index is -0.113. The fourth-order valence-electron chi connectivity index (χ4n) is 3.57. The summed E-state index contributed by atoms with van der Waals surface area (Å²) in [5.41, 5.74) is 2.87. The average molecular weight is 354 g/mol. The van der Waals surface area contributed by atoms with Gasteiger partial charge in [-0.3, -0.25) is 4.79 Å². The Bertz CT molecular complexity index is 818. The van der Waals surface area contributed by atoms with Gasteiger partial charge in [0.1, 0.15) is 5.69 Å². The Morgan fingerprint density at radius 3 is 2.85 bits per heavy atom. The van der Waals surface area contributed by atoms with Crippen LogP contribution in [0, 0.1) is 0 Å². The largest absolute Gasteiger partial charge is 0.352 e. The Morgan fingerprint density at radius 1 is 1.27 bits per heavy atom. The van der Waals surface area contributed by atoms with Gasteiger partial charge in [0, 0.05) is 25.4 Å². The predicted octanol–water partition coefficient (Wildman–Crippen LogP) is 1.00. The molecular weight excluding hydrogens is 332 g/mol. The van der Waals surface area contributed by atoms with E-state index in [2.05, 4.69) is 20.9 Å². The first kappa shape index (κ1) is 16.6. The van der Waals surface area contributed by atoms with E-state index in [-0.39, 0.29) is 24.0 Å². The summed E-state index contributed by atoms with van der Waals surface area (Å²) in [6, 6.07) is 9.68. The molecule has 136 valence electrons. The molecule has 2 N–H and O–H groups in total. The van der Waals surface area contributed by atoms with Crippen LogP contribution >= 0.6 is 0 Å². The van der Waals surface area contributed by atoms with Crippen LogP contribution in [0.15, 0.2) is 30.3 Å². The molecule has 1 fully saturated rings. The van der Waals surface area contributed by atoms with E-state index in [0.717, 1.165) is 17.1 Å². The summed E-state index contributed by atoms with van der Waals surface area (Å²) in [4.78, 5) is 25.8. The fourth-order valence-corrected chi connectivity index (χ4v) is 3.57. The highest BCUT2D eigenvalue weighted by molar-refractivity contribution is 5.79. The Morgan fingerprint density at radius 2 is 2.08 bits per heavy atom. The molecule has 26 heavy (non-hydrogen) atoms. The minimum absolute atomic E-state index is 0.0402. The smallest absolute Gasteiger partial charge is 0.318 e. The van der Waals surface area contributed by atoms with E-state index in [1.807, 2.05) is 41.9 Å². The molecule has 0 saturated carbocycles. The number of urea groups is 1. The van der Waals surface area contributed by atoms with Crippen LogP contribution in [0.4, 0.5) is 4.79 Å². The first-order chi connectivity index (χ1) is 12.6. The van der Waals surface area contributed by atoms with Gasteiger partial charge in [-0.2, -0.15) is 0 Å². The summed E-state index contributed by atoms with van der Waals surface area (Å²) in [7, 11) is 0. The highest BCUT2D eigenvalue weighted by atomic mass is 16.2. The molecule has 2 unspecified atom stereocenters. The van der Waals surface area contributed by atoms with Gasteiger partial charge in [0.2, 0.25) is 5.91 Å². The second-order valence-electron chi connectivity index (χ2n) is 6.85. The molecule has 2 aromatic rings. The van der Waals surface area contributed by atoms with Crippen LogP contribution in [-0.4, -0.2) is 50.5 Å². The van der Waals surface area contributed by atoms with Crippen LogP contribution in [0.3, 0.4) is 0 Å². The molecule has 0 bridgehead atoms. The number of fused-ring (bicyclic) bond motifs is 1. The van der Waals surface area contributed by atoms with Crippen LogP contribution in [0.1, 0.15) is 31.2 Å². The van der Waals surface area contributed by atoms with Gasteiger partial charge in [0.05, 0.1) is 24.0 Å². The summed E-state index contributed by atoms with van der Waals surface area (Å²) in [5.74, 6) is 0.0446. The third-order valence-electron chi connectivity index (χ3n) is 5.07. The van der Waals surface area contributed by atoms with Crippen molar-refractivity contribution >= 4 is 11.9 Å². The monoisotopic (exact) mass is 354 g/mol. The van der Waals surface area contributed by atoms with E-state index in [1.54, 1.807) is 4.90 Å². The number of aromatic nitrogens is 3. The Kier molecular flexibility index (Phi) is 4.32. The van der Waals surface area contributed by atoms with Crippen LogP contribution in [-0.2, 0) is 17.8 Å². The van der Waals surface area contributed by atoms with Crippen molar-refractivity contribution < 1.29 is 9.59 Å². The molecule has 1 aromatic heterocycles. The highest BCUT2D eigenvalue weighted by Crippen LogP contribution is 2.20. The Balaban J connectivity index is 1.43. The van der Waals surface area contributed by atoms with Crippen molar-refractivity contribution in [2.24, 2.45) is 0 Å². The summed E-state index contributed by atoms with van der Waals surface area (Å²) in [6.07, 6.45) is 1.83. The molecular formula is C18H22N6O2. The van der Waals surface area contributed by atoms with Gasteiger partial charge in [-0.1, -0.05) is 23.4 Å². The number of benzene rings is 1. The lowest BCUT2D eigenvalue weighted by atomic mass is 9.99. The fraction of sp³-hybridized carbons (Fsp3) is 0.444. The summed E-state index contributed by atoms with van der Waals surface area (Å²) in [6.45, 7) is 2.98. The summed E-state index contributed by atoms with van der Waals surface area (Å²) < 4.78 is 1.85. The number of rotatable bonds is 2. The van der Waals surface area contributed by atoms with E-state index < -0.39 is 0 Å². The van der Waals surface area contributed by atoms with Crippen molar-refractivity contribution in [2.45, 2.75) is 44.8 Å². The van der Waals surface area contributed by atoms with Crippen LogP contribution in [0.5, 0.6) is 0 Å². The van der Waals surface area contributed by atoms with Crippen molar-refractivity contribution in [2.75, 3.05) is 6.54 Å². The molecule has 8 heteroatoms. The third-order valence-corrected chi connectivity index (χ3v) is 5.07. The zero-order valence-electron chi connectivity index (χ0n) is 14.7. The maximum atomic E-state index is 12.6. The van der Waals surface area contributed by atoms with Crippen molar-refractivity contribution in [1.29, 1.82) is 0 Å². The zero-order valence-corrected chi connectivity index (χ0v) is 14.7. The van der Waals surface area contributed by atoms with E-state index in [4.69, 9.17) is 0 Å². The van der Waals surface area contributed by atoms with Crippen molar-refractivity contribution in [1.82, 2.24) is 30.5 Å². The van der Waals surface area contributed by atoms with Crippen molar-refractivity contribution in [3.63, 3.8) is 0 Å². The molecule has 0 spiro atoms. The number of nitrogens with one attached hydrogen (secondary N) is 2. The predicted molar refractivity (Wildman–Crippen MR) is 94.6 cm³/mol. The second kappa shape index (κ2) is 6.78. The highest BCUT2D eigenvalue weighted by Gasteiger charge is 2.30.